The number of aliphatic imine (C=N–C) groups is 1. The van der Waals surface area contributed by atoms with Crippen molar-refractivity contribution in [2.24, 2.45) is 4.99 Å². The Kier molecular flexibility index (Phi) is 10.7. The lowest BCUT2D eigenvalue weighted by Gasteiger charge is -2.21. The van der Waals surface area contributed by atoms with Crippen molar-refractivity contribution in [1.82, 2.24) is 15.5 Å². The minimum absolute atomic E-state index is 0. The van der Waals surface area contributed by atoms with Crippen molar-refractivity contribution in [2.75, 3.05) is 33.7 Å². The van der Waals surface area contributed by atoms with Crippen molar-refractivity contribution >= 4 is 35.8 Å². The third-order valence-corrected chi connectivity index (χ3v) is 2.86. The summed E-state index contributed by atoms with van der Waals surface area (Å²) in [5.74, 6) is 0.964. The molecule has 2 N–H and O–H groups in total. The normalized spacial score (nSPS) is 10.7. The summed E-state index contributed by atoms with van der Waals surface area (Å²) in [6.07, 6.45) is 3.77. The molecular formula is C14H25IN4O2. The number of nitrogens with zero attached hydrogens (tertiary/aromatic N) is 2. The summed E-state index contributed by atoms with van der Waals surface area (Å²) in [7, 11) is 3.76. The minimum Gasteiger partial charge on any atom is -0.459 e. The molecule has 0 aliphatic heterocycles. The monoisotopic (exact) mass is 408 g/mol. The predicted octanol–water partition coefficient (Wildman–Crippen LogP) is 1.93. The maximum atomic E-state index is 11.6. The second-order valence-electron chi connectivity index (χ2n) is 4.48. The van der Waals surface area contributed by atoms with Gasteiger partial charge in [0, 0.05) is 33.7 Å². The van der Waals surface area contributed by atoms with Gasteiger partial charge in [0.1, 0.15) is 0 Å². The summed E-state index contributed by atoms with van der Waals surface area (Å²) in [5, 5.41) is 5.99. The molecule has 6 nitrogen and oxygen atoms in total. The summed E-state index contributed by atoms with van der Waals surface area (Å²) in [5.41, 5.74) is 0. The lowest BCUT2D eigenvalue weighted by Crippen LogP contribution is -2.42. The number of carbonyl (C=O) groups is 1. The van der Waals surface area contributed by atoms with Crippen LogP contribution in [-0.2, 0) is 0 Å². The van der Waals surface area contributed by atoms with Crippen molar-refractivity contribution in [3.05, 3.63) is 24.2 Å². The Morgan fingerprint density at radius 3 is 2.67 bits per heavy atom. The first kappa shape index (κ1) is 19.8. The fourth-order valence-electron chi connectivity index (χ4n) is 1.73. The molecule has 21 heavy (non-hydrogen) atoms. The first-order chi connectivity index (χ1) is 9.69. The molecule has 0 aromatic carbocycles. The number of furan rings is 1. The molecule has 7 heteroatoms. The van der Waals surface area contributed by atoms with Crippen LogP contribution in [0.15, 0.2) is 27.8 Å². The Labute approximate surface area is 143 Å². The summed E-state index contributed by atoms with van der Waals surface area (Å²) in [4.78, 5) is 17.9. The van der Waals surface area contributed by atoms with Gasteiger partial charge in [-0.05, 0) is 18.6 Å². The van der Waals surface area contributed by atoms with Crippen LogP contribution in [0.1, 0.15) is 30.3 Å². The number of carbonyl (C=O) groups excluding carboxylic acids is 1. The number of amides is 1. The van der Waals surface area contributed by atoms with Gasteiger partial charge in [0.25, 0.3) is 5.91 Å². The number of guanidine groups is 1. The maximum Gasteiger partial charge on any atom is 0.287 e. The van der Waals surface area contributed by atoms with Crippen LogP contribution in [0.25, 0.3) is 0 Å². The van der Waals surface area contributed by atoms with Gasteiger partial charge in [0.2, 0.25) is 0 Å². The van der Waals surface area contributed by atoms with Crippen LogP contribution >= 0.6 is 24.0 Å². The second-order valence-corrected chi connectivity index (χ2v) is 4.48. The number of hydrogen-bond donors (Lipinski definition) is 2. The van der Waals surface area contributed by atoms with E-state index in [1.54, 1.807) is 19.2 Å². The molecule has 1 amide bonds. The molecular weight excluding hydrogens is 383 g/mol. The zero-order chi connectivity index (χ0) is 14.8. The summed E-state index contributed by atoms with van der Waals surface area (Å²) >= 11 is 0. The summed E-state index contributed by atoms with van der Waals surface area (Å²) in [6, 6.07) is 3.33. The van der Waals surface area contributed by atoms with Crippen molar-refractivity contribution in [3.63, 3.8) is 0 Å². The van der Waals surface area contributed by atoms with E-state index in [-0.39, 0.29) is 29.9 Å². The van der Waals surface area contributed by atoms with Gasteiger partial charge in [-0.25, -0.2) is 0 Å². The van der Waals surface area contributed by atoms with E-state index in [1.807, 2.05) is 7.05 Å². The van der Waals surface area contributed by atoms with E-state index in [0.29, 0.717) is 18.8 Å². The van der Waals surface area contributed by atoms with Crippen LogP contribution < -0.4 is 10.6 Å². The van der Waals surface area contributed by atoms with Crippen molar-refractivity contribution in [2.45, 2.75) is 19.8 Å². The Balaban J connectivity index is 0.00000400. The van der Waals surface area contributed by atoms with Gasteiger partial charge < -0.3 is 20.0 Å². The van der Waals surface area contributed by atoms with Crippen LogP contribution in [0, 0.1) is 0 Å². The van der Waals surface area contributed by atoms with Crippen LogP contribution in [0.2, 0.25) is 0 Å². The van der Waals surface area contributed by atoms with Gasteiger partial charge >= 0.3 is 0 Å². The van der Waals surface area contributed by atoms with E-state index in [0.717, 1.165) is 25.3 Å². The first-order valence-electron chi connectivity index (χ1n) is 6.92. The molecule has 1 rings (SSSR count). The quantitative estimate of drug-likeness (QED) is 0.313. The molecule has 0 aliphatic rings. The molecule has 120 valence electrons. The van der Waals surface area contributed by atoms with E-state index in [2.05, 4.69) is 27.4 Å². The van der Waals surface area contributed by atoms with Gasteiger partial charge in [0.15, 0.2) is 11.7 Å². The van der Waals surface area contributed by atoms with E-state index >= 15 is 0 Å². The fraction of sp³-hybridized carbons (Fsp3) is 0.571. The Bertz CT molecular complexity index is 421. The Hall–Kier alpha value is -1.25. The van der Waals surface area contributed by atoms with Crippen LogP contribution in [0.4, 0.5) is 0 Å². The van der Waals surface area contributed by atoms with Crippen LogP contribution in [0.5, 0.6) is 0 Å². The molecule has 0 aliphatic carbocycles. The molecule has 0 radical (unpaired) electrons. The number of halogens is 1. The molecule has 1 heterocycles. The largest absolute Gasteiger partial charge is 0.459 e. The molecule has 0 atom stereocenters. The fourth-order valence-corrected chi connectivity index (χ4v) is 1.73. The standard InChI is InChI=1S/C14H24N4O2.HI/c1-4-5-10-18(3)14(15-2)17-9-8-16-13(19)12-7-6-11-20-12;/h6-7,11H,4-5,8-10H2,1-3H3,(H,15,17)(H,16,19);1H. The lowest BCUT2D eigenvalue weighted by molar-refractivity contribution is 0.0926. The average Bonchev–Trinajstić information content (AvgIpc) is 2.98. The lowest BCUT2D eigenvalue weighted by atomic mass is 10.3. The van der Waals surface area contributed by atoms with Gasteiger partial charge in [-0.15, -0.1) is 24.0 Å². The Morgan fingerprint density at radius 1 is 1.38 bits per heavy atom. The molecule has 0 bridgehead atoms. The van der Waals surface area contributed by atoms with Gasteiger partial charge in [-0.3, -0.25) is 9.79 Å². The number of unbranched alkanes of at least 4 members (excludes halogenated alkanes) is 1. The van der Waals surface area contributed by atoms with Crippen molar-refractivity contribution < 1.29 is 9.21 Å². The maximum absolute atomic E-state index is 11.6. The molecule has 1 aromatic heterocycles. The zero-order valence-electron chi connectivity index (χ0n) is 12.9. The van der Waals surface area contributed by atoms with E-state index in [1.165, 1.54) is 6.26 Å². The van der Waals surface area contributed by atoms with Crippen molar-refractivity contribution in [1.29, 1.82) is 0 Å². The van der Waals surface area contributed by atoms with Gasteiger partial charge in [0.05, 0.1) is 6.26 Å². The molecule has 0 unspecified atom stereocenters. The van der Waals surface area contributed by atoms with Crippen LogP contribution in [0.3, 0.4) is 0 Å². The highest BCUT2D eigenvalue weighted by Gasteiger charge is 2.08. The number of nitrogens with one attached hydrogen (secondary N) is 2. The summed E-state index contributed by atoms with van der Waals surface area (Å²) in [6.45, 7) is 4.26. The smallest absolute Gasteiger partial charge is 0.287 e. The first-order valence-corrected chi connectivity index (χ1v) is 6.92. The highest BCUT2D eigenvalue weighted by atomic mass is 127. The average molecular weight is 408 g/mol. The van der Waals surface area contributed by atoms with E-state index in [9.17, 15) is 4.79 Å². The molecule has 1 aromatic rings. The highest BCUT2D eigenvalue weighted by Crippen LogP contribution is 1.98. The van der Waals surface area contributed by atoms with Crippen molar-refractivity contribution in [3.8, 4) is 0 Å². The second kappa shape index (κ2) is 11.4. The van der Waals surface area contributed by atoms with E-state index < -0.39 is 0 Å². The van der Waals surface area contributed by atoms with Gasteiger partial charge in [-0.2, -0.15) is 0 Å². The third kappa shape index (κ3) is 7.35. The van der Waals surface area contributed by atoms with E-state index in [4.69, 9.17) is 4.42 Å². The highest BCUT2D eigenvalue weighted by molar-refractivity contribution is 14.0. The molecule has 0 fully saturated rings. The zero-order valence-corrected chi connectivity index (χ0v) is 15.2. The Morgan fingerprint density at radius 2 is 2.10 bits per heavy atom. The third-order valence-electron chi connectivity index (χ3n) is 2.86. The molecule has 0 saturated heterocycles. The van der Waals surface area contributed by atoms with Crippen LogP contribution in [-0.4, -0.2) is 50.5 Å². The SMILES string of the molecule is CCCCN(C)C(=NC)NCCNC(=O)c1ccco1.I. The van der Waals surface area contributed by atoms with Gasteiger partial charge in [-0.1, -0.05) is 13.3 Å². The minimum atomic E-state index is -0.203. The topological polar surface area (TPSA) is 69.9 Å². The number of rotatable bonds is 7. The molecule has 0 saturated carbocycles. The summed E-state index contributed by atoms with van der Waals surface area (Å²) < 4.78 is 5.01. The predicted molar refractivity (Wildman–Crippen MR) is 95.4 cm³/mol. The number of hydrogen-bond acceptors (Lipinski definition) is 3. The molecule has 0 spiro atoms.